The van der Waals surface area contributed by atoms with Crippen LogP contribution in [0.25, 0.3) is 0 Å². The molecule has 19 heavy (non-hydrogen) atoms. The maximum absolute atomic E-state index is 13.2. The summed E-state index contributed by atoms with van der Waals surface area (Å²) in [5.74, 6) is -0.515. The maximum Gasteiger partial charge on any atom is 0.241 e. The third kappa shape index (κ3) is 3.21. The van der Waals surface area contributed by atoms with Gasteiger partial charge in [0.15, 0.2) is 11.6 Å². The van der Waals surface area contributed by atoms with E-state index >= 15 is 0 Å². The van der Waals surface area contributed by atoms with E-state index in [9.17, 15) is 9.18 Å². The maximum atomic E-state index is 13.2. The van der Waals surface area contributed by atoms with Crippen LogP contribution in [0.4, 0.5) is 10.1 Å². The lowest BCUT2D eigenvalue weighted by atomic mass is 10.2. The quantitative estimate of drug-likeness (QED) is 0.860. The highest BCUT2D eigenvalue weighted by atomic mass is 19.1. The predicted octanol–water partition coefficient (Wildman–Crippen LogP) is 1.15. The lowest BCUT2D eigenvalue weighted by molar-refractivity contribution is -0.118. The van der Waals surface area contributed by atoms with E-state index in [1.165, 1.54) is 25.3 Å². The van der Waals surface area contributed by atoms with Crippen LogP contribution in [0.1, 0.15) is 6.42 Å². The average molecular weight is 268 g/mol. The van der Waals surface area contributed by atoms with Crippen LogP contribution in [0.15, 0.2) is 18.2 Å². The van der Waals surface area contributed by atoms with E-state index in [4.69, 9.17) is 9.47 Å². The first-order valence-corrected chi connectivity index (χ1v) is 6.04. The summed E-state index contributed by atoms with van der Waals surface area (Å²) in [6.07, 6.45) is 0.680. The molecule has 0 bridgehead atoms. The number of amides is 1. The van der Waals surface area contributed by atoms with E-state index in [2.05, 4.69) is 10.6 Å². The van der Waals surface area contributed by atoms with Gasteiger partial charge in [-0.25, -0.2) is 4.39 Å². The number of anilines is 1. The number of ether oxygens (including phenoxy) is 2. The van der Waals surface area contributed by atoms with Gasteiger partial charge < -0.3 is 20.1 Å². The van der Waals surface area contributed by atoms with E-state index in [1.807, 2.05) is 0 Å². The van der Waals surface area contributed by atoms with Gasteiger partial charge in [0.1, 0.15) is 0 Å². The Morgan fingerprint density at radius 1 is 1.47 bits per heavy atom. The molecule has 104 valence electrons. The first-order valence-electron chi connectivity index (χ1n) is 6.04. The molecule has 1 aromatic rings. The standard InChI is InChI=1S/C13H17FN2O3/c1-18-9-6-11(15-7-9)13(17)16-8-3-4-10(14)12(5-8)19-2/h3-5,9,11,15H,6-7H2,1-2H3,(H,16,17). The second-order valence-electron chi connectivity index (χ2n) is 4.39. The third-order valence-electron chi connectivity index (χ3n) is 3.16. The molecule has 1 saturated heterocycles. The van der Waals surface area contributed by atoms with E-state index < -0.39 is 5.82 Å². The highest BCUT2D eigenvalue weighted by Crippen LogP contribution is 2.22. The van der Waals surface area contributed by atoms with Crippen LogP contribution in [0.5, 0.6) is 5.75 Å². The van der Waals surface area contributed by atoms with Crippen molar-refractivity contribution >= 4 is 11.6 Å². The summed E-state index contributed by atoms with van der Waals surface area (Å²) in [4.78, 5) is 12.0. The van der Waals surface area contributed by atoms with Gasteiger partial charge in [0.05, 0.1) is 19.3 Å². The molecule has 1 amide bonds. The van der Waals surface area contributed by atoms with Gasteiger partial charge in [-0.3, -0.25) is 4.79 Å². The Labute approximate surface area is 111 Å². The van der Waals surface area contributed by atoms with Crippen molar-refractivity contribution in [1.82, 2.24) is 5.32 Å². The zero-order valence-electron chi connectivity index (χ0n) is 10.9. The Bertz CT molecular complexity index is 467. The molecule has 2 atom stereocenters. The van der Waals surface area contributed by atoms with Crippen LogP contribution >= 0.6 is 0 Å². The molecule has 5 nitrogen and oxygen atoms in total. The van der Waals surface area contributed by atoms with E-state index in [0.29, 0.717) is 18.7 Å². The van der Waals surface area contributed by atoms with Crippen molar-refractivity contribution in [2.24, 2.45) is 0 Å². The monoisotopic (exact) mass is 268 g/mol. The first-order chi connectivity index (χ1) is 9.13. The molecule has 0 aliphatic carbocycles. The smallest absolute Gasteiger partial charge is 0.241 e. The summed E-state index contributed by atoms with van der Waals surface area (Å²) < 4.78 is 23.3. The first kappa shape index (κ1) is 13.8. The lowest BCUT2D eigenvalue weighted by Crippen LogP contribution is -2.35. The van der Waals surface area contributed by atoms with Crippen LogP contribution in [-0.2, 0) is 9.53 Å². The lowest BCUT2D eigenvalue weighted by Gasteiger charge is -2.12. The molecule has 1 aliphatic rings. The topological polar surface area (TPSA) is 59.6 Å². The van der Waals surface area contributed by atoms with E-state index in [-0.39, 0.29) is 23.8 Å². The van der Waals surface area contributed by atoms with Crippen molar-refractivity contribution in [3.05, 3.63) is 24.0 Å². The minimum Gasteiger partial charge on any atom is -0.494 e. The molecule has 2 unspecified atom stereocenters. The van der Waals surface area contributed by atoms with Crippen molar-refractivity contribution in [2.75, 3.05) is 26.1 Å². The molecule has 2 rings (SSSR count). The molecule has 1 aromatic carbocycles. The number of hydrogen-bond donors (Lipinski definition) is 2. The van der Waals surface area contributed by atoms with Crippen molar-refractivity contribution in [2.45, 2.75) is 18.6 Å². The van der Waals surface area contributed by atoms with Crippen LogP contribution < -0.4 is 15.4 Å². The van der Waals surface area contributed by atoms with Gasteiger partial charge in [0, 0.05) is 25.4 Å². The molecule has 0 spiro atoms. The number of methoxy groups -OCH3 is 2. The average Bonchev–Trinajstić information content (AvgIpc) is 2.90. The SMILES string of the molecule is COc1cc(NC(=O)C2CC(OC)CN2)ccc1F. The fourth-order valence-corrected chi connectivity index (χ4v) is 2.05. The van der Waals surface area contributed by atoms with E-state index in [0.717, 1.165) is 0 Å². The Hall–Kier alpha value is -1.66. The molecule has 0 radical (unpaired) electrons. The highest BCUT2D eigenvalue weighted by Gasteiger charge is 2.29. The molecular weight excluding hydrogens is 251 g/mol. The van der Waals surface area contributed by atoms with Gasteiger partial charge >= 0.3 is 0 Å². The number of hydrogen-bond acceptors (Lipinski definition) is 4. The fourth-order valence-electron chi connectivity index (χ4n) is 2.05. The minimum atomic E-state index is -0.459. The van der Waals surface area contributed by atoms with Crippen molar-refractivity contribution in [3.8, 4) is 5.75 Å². The molecule has 1 aliphatic heterocycles. The molecule has 1 fully saturated rings. The second kappa shape index (κ2) is 5.99. The summed E-state index contributed by atoms with van der Waals surface area (Å²) in [6.45, 7) is 0.654. The number of carbonyl (C=O) groups excluding carboxylic acids is 1. The molecule has 0 saturated carbocycles. The minimum absolute atomic E-state index is 0.0542. The van der Waals surface area contributed by atoms with Gasteiger partial charge in [0.2, 0.25) is 5.91 Å². The summed E-state index contributed by atoms with van der Waals surface area (Å²) in [5.41, 5.74) is 0.505. The number of benzene rings is 1. The molecular formula is C13H17FN2O3. The fraction of sp³-hybridized carbons (Fsp3) is 0.462. The summed E-state index contributed by atoms with van der Waals surface area (Å²) in [5, 5.41) is 5.80. The second-order valence-corrected chi connectivity index (χ2v) is 4.39. The van der Waals surface area contributed by atoms with Crippen molar-refractivity contribution in [1.29, 1.82) is 0 Å². The number of rotatable bonds is 4. The summed E-state index contributed by atoms with van der Waals surface area (Å²) >= 11 is 0. The van der Waals surface area contributed by atoms with Crippen LogP contribution in [0.3, 0.4) is 0 Å². The Morgan fingerprint density at radius 3 is 2.89 bits per heavy atom. The van der Waals surface area contributed by atoms with Crippen molar-refractivity contribution in [3.63, 3.8) is 0 Å². The van der Waals surface area contributed by atoms with Crippen LogP contribution in [0.2, 0.25) is 0 Å². The van der Waals surface area contributed by atoms with Crippen LogP contribution in [0, 0.1) is 5.82 Å². The third-order valence-corrected chi connectivity index (χ3v) is 3.16. The number of carbonyl (C=O) groups is 1. The molecule has 0 aromatic heterocycles. The molecule has 1 heterocycles. The van der Waals surface area contributed by atoms with Crippen LogP contribution in [-0.4, -0.2) is 38.8 Å². The predicted molar refractivity (Wildman–Crippen MR) is 68.8 cm³/mol. The van der Waals surface area contributed by atoms with Gasteiger partial charge in [-0.15, -0.1) is 0 Å². The Kier molecular flexibility index (Phi) is 4.34. The zero-order valence-corrected chi connectivity index (χ0v) is 10.9. The van der Waals surface area contributed by atoms with Gasteiger partial charge in [-0.05, 0) is 18.6 Å². The zero-order chi connectivity index (χ0) is 13.8. The Morgan fingerprint density at radius 2 is 2.26 bits per heavy atom. The Balaban J connectivity index is 1.99. The normalized spacial score (nSPS) is 22.3. The molecule has 2 N–H and O–H groups in total. The largest absolute Gasteiger partial charge is 0.494 e. The van der Waals surface area contributed by atoms with Gasteiger partial charge in [0.25, 0.3) is 0 Å². The highest BCUT2D eigenvalue weighted by molar-refractivity contribution is 5.95. The summed E-state index contributed by atoms with van der Waals surface area (Å²) in [7, 11) is 3.00. The molecule has 6 heteroatoms. The number of halogens is 1. The van der Waals surface area contributed by atoms with Gasteiger partial charge in [-0.2, -0.15) is 0 Å². The number of nitrogens with one attached hydrogen (secondary N) is 2. The van der Waals surface area contributed by atoms with Gasteiger partial charge in [-0.1, -0.05) is 0 Å². The summed E-state index contributed by atoms with van der Waals surface area (Å²) in [6, 6.07) is 3.92. The van der Waals surface area contributed by atoms with Crippen molar-refractivity contribution < 1.29 is 18.7 Å². The van der Waals surface area contributed by atoms with E-state index in [1.54, 1.807) is 7.11 Å².